The number of aromatic carboxylic acids is 1. The third kappa shape index (κ3) is 4.54. The predicted molar refractivity (Wildman–Crippen MR) is 111 cm³/mol. The number of benzene rings is 2. The van der Waals surface area contributed by atoms with Crippen LogP contribution < -0.4 is 0 Å². The van der Waals surface area contributed by atoms with Crippen LogP contribution in [0.2, 0.25) is 0 Å². The molecule has 2 aromatic carbocycles. The van der Waals surface area contributed by atoms with Gasteiger partial charge in [0.05, 0.1) is 11.3 Å². The first-order valence-corrected chi connectivity index (χ1v) is 9.84. The first kappa shape index (κ1) is 20.7. The number of nitrogens with zero attached hydrogens (tertiary/aromatic N) is 2. The van der Waals surface area contributed by atoms with Gasteiger partial charge in [0, 0.05) is 24.4 Å². The molecule has 0 aliphatic carbocycles. The lowest BCUT2D eigenvalue weighted by atomic mass is 9.98. The lowest BCUT2D eigenvalue weighted by Crippen LogP contribution is -2.38. The summed E-state index contributed by atoms with van der Waals surface area (Å²) in [6.45, 7) is 2.05. The quantitative estimate of drug-likeness (QED) is 0.592. The molecule has 1 aliphatic heterocycles. The minimum Gasteiger partial charge on any atom is -0.478 e. The van der Waals surface area contributed by atoms with Crippen molar-refractivity contribution in [2.45, 2.75) is 38.8 Å². The average Bonchev–Trinajstić information content (AvgIpc) is 3.02. The highest BCUT2D eigenvalue weighted by molar-refractivity contribution is 6.15. The first-order chi connectivity index (χ1) is 13.9. The standard InChI is InChI=1S/C22H23ClN2O4/c1-2-3-8-20-24(22(28)29)14-17(25(20)23)13-15-9-11-16(12-10-15)18-6-4-5-7-19(18)21(26)27/h4-7,9-12,14,20H,2-3,8,13H2,1H3,(H,26,27)(H,28,29). The fourth-order valence-corrected chi connectivity index (χ4v) is 3.77. The highest BCUT2D eigenvalue weighted by Gasteiger charge is 2.34. The molecule has 7 heteroatoms. The Morgan fingerprint density at radius 1 is 1.07 bits per heavy atom. The van der Waals surface area contributed by atoms with Gasteiger partial charge in [-0.2, -0.15) is 0 Å². The molecule has 0 bridgehead atoms. The van der Waals surface area contributed by atoms with E-state index in [1.54, 1.807) is 30.5 Å². The van der Waals surface area contributed by atoms with E-state index in [9.17, 15) is 19.8 Å². The van der Waals surface area contributed by atoms with Gasteiger partial charge in [-0.15, -0.1) is 0 Å². The van der Waals surface area contributed by atoms with Crippen LogP contribution in [0.15, 0.2) is 60.4 Å². The number of hydrogen-bond acceptors (Lipinski definition) is 3. The summed E-state index contributed by atoms with van der Waals surface area (Å²) in [4.78, 5) is 24.3. The summed E-state index contributed by atoms with van der Waals surface area (Å²) >= 11 is 6.45. The second kappa shape index (κ2) is 9.01. The number of carboxylic acids is 1. The van der Waals surface area contributed by atoms with Crippen LogP contribution in [-0.4, -0.2) is 37.8 Å². The maximum atomic E-state index is 11.6. The molecule has 0 aromatic heterocycles. The van der Waals surface area contributed by atoms with Crippen LogP contribution >= 0.6 is 11.8 Å². The minimum atomic E-state index is -1.02. The highest BCUT2D eigenvalue weighted by Crippen LogP contribution is 2.31. The van der Waals surface area contributed by atoms with E-state index < -0.39 is 18.2 Å². The molecule has 3 rings (SSSR count). The van der Waals surface area contributed by atoms with Gasteiger partial charge in [0.25, 0.3) is 0 Å². The molecule has 6 nitrogen and oxygen atoms in total. The molecule has 152 valence electrons. The van der Waals surface area contributed by atoms with Crippen LogP contribution in [0, 0.1) is 0 Å². The van der Waals surface area contributed by atoms with Crippen molar-refractivity contribution in [3.63, 3.8) is 0 Å². The van der Waals surface area contributed by atoms with E-state index in [1.165, 1.54) is 9.32 Å². The van der Waals surface area contributed by atoms with Crippen molar-refractivity contribution in [2.75, 3.05) is 0 Å². The van der Waals surface area contributed by atoms with Crippen LogP contribution in [0.5, 0.6) is 0 Å². The topological polar surface area (TPSA) is 81.1 Å². The summed E-state index contributed by atoms with van der Waals surface area (Å²) in [6.07, 6.45) is 3.16. The van der Waals surface area contributed by atoms with Gasteiger partial charge in [-0.1, -0.05) is 55.8 Å². The van der Waals surface area contributed by atoms with Crippen molar-refractivity contribution >= 4 is 23.8 Å². The normalized spacial score (nSPS) is 16.1. The minimum absolute atomic E-state index is 0.251. The maximum Gasteiger partial charge on any atom is 0.413 e. The zero-order valence-electron chi connectivity index (χ0n) is 16.1. The Morgan fingerprint density at radius 2 is 1.76 bits per heavy atom. The van der Waals surface area contributed by atoms with Crippen molar-refractivity contribution in [1.29, 1.82) is 0 Å². The first-order valence-electron chi connectivity index (χ1n) is 9.51. The number of hydrogen-bond donors (Lipinski definition) is 2. The monoisotopic (exact) mass is 414 g/mol. The number of carbonyl (C=O) groups is 2. The van der Waals surface area contributed by atoms with Crippen LogP contribution in [0.3, 0.4) is 0 Å². The number of halogens is 1. The van der Waals surface area contributed by atoms with Gasteiger partial charge in [0.2, 0.25) is 0 Å². The summed E-state index contributed by atoms with van der Waals surface area (Å²) in [5.41, 5.74) is 3.39. The summed E-state index contributed by atoms with van der Waals surface area (Å²) in [5, 5.41) is 18.8. The Hall–Kier alpha value is -2.99. The number of rotatable bonds is 7. The van der Waals surface area contributed by atoms with Crippen molar-refractivity contribution in [3.8, 4) is 11.1 Å². The van der Waals surface area contributed by atoms with Gasteiger partial charge < -0.3 is 10.2 Å². The summed E-state index contributed by atoms with van der Waals surface area (Å²) < 4.78 is 1.51. The van der Waals surface area contributed by atoms with Crippen LogP contribution in [0.1, 0.15) is 42.1 Å². The van der Waals surface area contributed by atoms with Gasteiger partial charge in [0.1, 0.15) is 6.17 Å². The lowest BCUT2D eigenvalue weighted by molar-refractivity contribution is 0.0697. The third-order valence-corrected chi connectivity index (χ3v) is 5.43. The third-order valence-electron chi connectivity index (χ3n) is 4.99. The van der Waals surface area contributed by atoms with Crippen molar-refractivity contribution in [3.05, 3.63) is 71.6 Å². The van der Waals surface area contributed by atoms with Crippen LogP contribution in [-0.2, 0) is 6.42 Å². The highest BCUT2D eigenvalue weighted by atomic mass is 35.5. The van der Waals surface area contributed by atoms with E-state index in [0.29, 0.717) is 24.1 Å². The molecular weight excluding hydrogens is 392 g/mol. The molecule has 29 heavy (non-hydrogen) atoms. The molecule has 1 amide bonds. The Morgan fingerprint density at radius 3 is 2.38 bits per heavy atom. The van der Waals surface area contributed by atoms with E-state index in [0.717, 1.165) is 24.0 Å². The van der Waals surface area contributed by atoms with Gasteiger partial charge in [0.15, 0.2) is 0 Å². The Balaban J connectivity index is 1.79. The van der Waals surface area contributed by atoms with E-state index >= 15 is 0 Å². The maximum absolute atomic E-state index is 11.6. The molecule has 2 aromatic rings. The molecule has 1 atom stereocenters. The summed E-state index contributed by atoms with van der Waals surface area (Å²) in [7, 11) is 0. The van der Waals surface area contributed by atoms with Crippen LogP contribution in [0.4, 0.5) is 4.79 Å². The summed E-state index contributed by atoms with van der Waals surface area (Å²) in [6, 6.07) is 14.4. The number of allylic oxidation sites excluding steroid dienone is 1. The average molecular weight is 415 g/mol. The van der Waals surface area contributed by atoms with E-state index in [4.69, 9.17) is 11.8 Å². The van der Waals surface area contributed by atoms with Gasteiger partial charge in [-0.25, -0.2) is 9.59 Å². The fraction of sp³-hybridized carbons (Fsp3) is 0.273. The molecule has 1 unspecified atom stereocenters. The zero-order valence-corrected chi connectivity index (χ0v) is 16.8. The smallest absolute Gasteiger partial charge is 0.413 e. The predicted octanol–water partition coefficient (Wildman–Crippen LogP) is 5.40. The Kier molecular flexibility index (Phi) is 6.44. The second-order valence-corrected chi connectivity index (χ2v) is 7.33. The molecule has 1 aliphatic rings. The molecule has 0 fully saturated rings. The van der Waals surface area contributed by atoms with Crippen molar-refractivity contribution < 1.29 is 19.8 Å². The van der Waals surface area contributed by atoms with E-state index in [-0.39, 0.29) is 5.56 Å². The SMILES string of the molecule is CCCCC1N(Cl)C(Cc2ccc(-c3ccccc3C(=O)O)cc2)=CN1C(=O)O. The van der Waals surface area contributed by atoms with Crippen molar-refractivity contribution in [2.24, 2.45) is 0 Å². The van der Waals surface area contributed by atoms with Gasteiger partial charge in [-0.3, -0.25) is 9.32 Å². The molecule has 0 radical (unpaired) electrons. The van der Waals surface area contributed by atoms with Crippen molar-refractivity contribution in [1.82, 2.24) is 9.32 Å². The molecule has 0 saturated carbocycles. The number of amides is 1. The molecule has 0 saturated heterocycles. The lowest BCUT2D eigenvalue weighted by Gasteiger charge is -2.26. The number of unbranched alkanes of at least 4 members (excludes halogenated alkanes) is 1. The molecule has 0 spiro atoms. The van der Waals surface area contributed by atoms with Gasteiger partial charge in [-0.05, 0) is 35.6 Å². The zero-order chi connectivity index (χ0) is 21.0. The Bertz CT molecular complexity index is 927. The van der Waals surface area contributed by atoms with E-state index in [1.807, 2.05) is 24.3 Å². The van der Waals surface area contributed by atoms with E-state index in [2.05, 4.69) is 6.92 Å². The largest absolute Gasteiger partial charge is 0.478 e. The molecular formula is C22H23ClN2O4. The number of carboxylic acid groups (broad SMARTS) is 2. The second-order valence-electron chi connectivity index (χ2n) is 6.97. The summed E-state index contributed by atoms with van der Waals surface area (Å²) in [5.74, 6) is -0.967. The molecule has 1 heterocycles. The molecule has 2 N–H and O–H groups in total. The van der Waals surface area contributed by atoms with Crippen LogP contribution in [0.25, 0.3) is 11.1 Å². The Labute approximate surface area is 174 Å². The van der Waals surface area contributed by atoms with Gasteiger partial charge >= 0.3 is 12.1 Å². The fourth-order valence-electron chi connectivity index (χ4n) is 3.48.